The lowest BCUT2D eigenvalue weighted by Gasteiger charge is -1.91. The van der Waals surface area contributed by atoms with E-state index in [9.17, 15) is 0 Å². The molecule has 80 valence electrons. The molecule has 0 amide bonds. The van der Waals surface area contributed by atoms with Crippen molar-refractivity contribution in [2.45, 2.75) is 6.42 Å². The number of hydrogen-bond donors (Lipinski definition) is 1. The molecule has 0 aliphatic rings. The molecule has 0 atom stereocenters. The molecule has 2 rings (SSSR count). The first kappa shape index (κ1) is 10.8. The van der Waals surface area contributed by atoms with Gasteiger partial charge in [0.2, 0.25) is 5.89 Å². The van der Waals surface area contributed by atoms with Crippen LogP contribution in [0.1, 0.15) is 5.89 Å². The molecule has 1 N–H and O–H groups in total. The van der Waals surface area contributed by atoms with Gasteiger partial charge >= 0.3 is 0 Å². The van der Waals surface area contributed by atoms with E-state index < -0.39 is 0 Å². The smallest absolute Gasteiger partial charge is 0.257 e. The SMILES string of the molecule is CNCCc1nnc(-c2ccc(Br)s2)o1. The van der Waals surface area contributed by atoms with E-state index in [1.54, 1.807) is 11.3 Å². The van der Waals surface area contributed by atoms with E-state index in [-0.39, 0.29) is 0 Å². The first-order valence-electron chi connectivity index (χ1n) is 4.52. The van der Waals surface area contributed by atoms with E-state index in [1.165, 1.54) is 0 Å². The maximum atomic E-state index is 5.51. The molecule has 0 fully saturated rings. The van der Waals surface area contributed by atoms with Crippen molar-refractivity contribution >= 4 is 27.3 Å². The number of rotatable bonds is 4. The van der Waals surface area contributed by atoms with E-state index in [4.69, 9.17) is 4.42 Å². The Kier molecular flexibility index (Phi) is 3.50. The van der Waals surface area contributed by atoms with Crippen LogP contribution >= 0.6 is 27.3 Å². The van der Waals surface area contributed by atoms with Crippen LogP contribution in [0.15, 0.2) is 20.3 Å². The first-order chi connectivity index (χ1) is 7.29. The van der Waals surface area contributed by atoms with Crippen LogP contribution in [0.5, 0.6) is 0 Å². The molecule has 4 nitrogen and oxygen atoms in total. The Morgan fingerprint density at radius 3 is 3.00 bits per heavy atom. The van der Waals surface area contributed by atoms with Gasteiger partial charge in [-0.1, -0.05) is 0 Å². The second-order valence-electron chi connectivity index (χ2n) is 2.96. The second-order valence-corrected chi connectivity index (χ2v) is 5.42. The van der Waals surface area contributed by atoms with Crippen molar-refractivity contribution in [1.29, 1.82) is 0 Å². The highest BCUT2D eigenvalue weighted by molar-refractivity contribution is 9.11. The summed E-state index contributed by atoms with van der Waals surface area (Å²) in [5, 5.41) is 11.0. The van der Waals surface area contributed by atoms with Crippen molar-refractivity contribution in [1.82, 2.24) is 15.5 Å². The highest BCUT2D eigenvalue weighted by atomic mass is 79.9. The Morgan fingerprint density at radius 2 is 2.33 bits per heavy atom. The number of nitrogens with one attached hydrogen (secondary N) is 1. The Morgan fingerprint density at radius 1 is 1.47 bits per heavy atom. The maximum Gasteiger partial charge on any atom is 0.257 e. The largest absolute Gasteiger partial charge is 0.420 e. The Labute approximate surface area is 99.8 Å². The molecule has 0 spiro atoms. The summed E-state index contributed by atoms with van der Waals surface area (Å²) < 4.78 is 6.57. The molecular formula is C9H10BrN3OS. The minimum absolute atomic E-state index is 0.594. The molecule has 6 heteroatoms. The van der Waals surface area contributed by atoms with Gasteiger partial charge in [-0.3, -0.25) is 0 Å². The van der Waals surface area contributed by atoms with Crippen LogP contribution < -0.4 is 5.32 Å². The van der Waals surface area contributed by atoms with Crippen LogP contribution in [0, 0.1) is 0 Å². The molecular weight excluding hydrogens is 278 g/mol. The van der Waals surface area contributed by atoms with Gasteiger partial charge in [-0.25, -0.2) is 0 Å². The average Bonchev–Trinajstić information content (AvgIpc) is 2.83. The summed E-state index contributed by atoms with van der Waals surface area (Å²) >= 11 is 4.98. The molecule has 0 aliphatic heterocycles. The van der Waals surface area contributed by atoms with Gasteiger partial charge in [-0.2, -0.15) is 0 Å². The highest BCUT2D eigenvalue weighted by Crippen LogP contribution is 2.30. The van der Waals surface area contributed by atoms with Gasteiger partial charge in [0.25, 0.3) is 5.89 Å². The van der Waals surface area contributed by atoms with Gasteiger partial charge in [-0.15, -0.1) is 21.5 Å². The van der Waals surface area contributed by atoms with Crippen molar-refractivity contribution in [3.8, 4) is 10.8 Å². The monoisotopic (exact) mass is 287 g/mol. The molecule has 0 saturated carbocycles. The topological polar surface area (TPSA) is 51.0 Å². The van der Waals surface area contributed by atoms with Gasteiger partial charge in [0.05, 0.1) is 8.66 Å². The molecule has 2 heterocycles. The van der Waals surface area contributed by atoms with Crippen LogP contribution in [-0.2, 0) is 6.42 Å². The average molecular weight is 288 g/mol. The van der Waals surface area contributed by atoms with E-state index in [1.807, 2.05) is 19.2 Å². The van der Waals surface area contributed by atoms with Crippen LogP contribution in [0.2, 0.25) is 0 Å². The number of nitrogens with zero attached hydrogens (tertiary/aromatic N) is 2. The summed E-state index contributed by atoms with van der Waals surface area (Å²) in [4.78, 5) is 0.991. The molecule has 0 aromatic carbocycles. The number of likely N-dealkylation sites (N-methyl/N-ethyl adjacent to an activating group) is 1. The lowest BCUT2D eigenvalue weighted by Crippen LogP contribution is -2.10. The highest BCUT2D eigenvalue weighted by Gasteiger charge is 2.09. The molecule has 15 heavy (non-hydrogen) atoms. The third-order valence-corrected chi connectivity index (χ3v) is 3.45. The number of thiophene rings is 1. The van der Waals surface area contributed by atoms with E-state index in [0.29, 0.717) is 11.8 Å². The molecule has 2 aromatic rings. The minimum atomic E-state index is 0.594. The predicted molar refractivity (Wildman–Crippen MR) is 62.9 cm³/mol. The van der Waals surface area contributed by atoms with E-state index in [0.717, 1.165) is 21.6 Å². The fourth-order valence-electron chi connectivity index (χ4n) is 1.12. The lowest BCUT2D eigenvalue weighted by atomic mass is 10.4. The van der Waals surface area contributed by atoms with Crippen molar-refractivity contribution in [3.05, 3.63) is 21.8 Å². The second kappa shape index (κ2) is 4.87. The zero-order valence-electron chi connectivity index (χ0n) is 8.16. The van der Waals surface area contributed by atoms with Gasteiger partial charge in [0.15, 0.2) is 0 Å². The Bertz CT molecular complexity index is 440. The van der Waals surface area contributed by atoms with Crippen molar-refractivity contribution < 1.29 is 4.42 Å². The van der Waals surface area contributed by atoms with Crippen LogP contribution in [0.25, 0.3) is 10.8 Å². The third kappa shape index (κ3) is 2.64. The van der Waals surface area contributed by atoms with Crippen LogP contribution in [0.3, 0.4) is 0 Å². The van der Waals surface area contributed by atoms with E-state index >= 15 is 0 Å². The molecule has 0 aliphatic carbocycles. The Hall–Kier alpha value is -0.720. The standard InChI is InChI=1S/C9H10BrN3OS/c1-11-5-4-8-12-13-9(14-8)6-2-3-7(10)15-6/h2-3,11H,4-5H2,1H3. The zero-order valence-corrected chi connectivity index (χ0v) is 10.6. The number of hydrogen-bond acceptors (Lipinski definition) is 5. The first-order valence-corrected chi connectivity index (χ1v) is 6.13. The zero-order chi connectivity index (χ0) is 10.7. The van der Waals surface area contributed by atoms with Gasteiger partial charge in [0, 0.05) is 13.0 Å². The van der Waals surface area contributed by atoms with Gasteiger partial charge in [-0.05, 0) is 35.1 Å². The molecule has 0 unspecified atom stereocenters. The fraction of sp³-hybridized carbons (Fsp3) is 0.333. The summed E-state index contributed by atoms with van der Waals surface area (Å²) in [6.07, 6.45) is 0.760. The van der Waals surface area contributed by atoms with Gasteiger partial charge in [0.1, 0.15) is 0 Å². The van der Waals surface area contributed by atoms with Crippen LogP contribution in [0.4, 0.5) is 0 Å². The number of aromatic nitrogens is 2. The van der Waals surface area contributed by atoms with Crippen molar-refractivity contribution in [2.75, 3.05) is 13.6 Å². The molecule has 0 radical (unpaired) electrons. The minimum Gasteiger partial charge on any atom is -0.420 e. The molecule has 0 saturated heterocycles. The van der Waals surface area contributed by atoms with Gasteiger partial charge < -0.3 is 9.73 Å². The summed E-state index contributed by atoms with van der Waals surface area (Å²) in [5.41, 5.74) is 0. The quantitative estimate of drug-likeness (QED) is 0.938. The normalized spacial score (nSPS) is 10.8. The summed E-state index contributed by atoms with van der Waals surface area (Å²) in [6, 6.07) is 3.93. The summed E-state index contributed by atoms with van der Waals surface area (Å²) in [7, 11) is 1.90. The summed E-state index contributed by atoms with van der Waals surface area (Å²) in [6.45, 7) is 0.843. The van der Waals surface area contributed by atoms with Crippen molar-refractivity contribution in [3.63, 3.8) is 0 Å². The maximum absolute atomic E-state index is 5.51. The van der Waals surface area contributed by atoms with E-state index in [2.05, 4.69) is 31.4 Å². The molecule has 2 aromatic heterocycles. The lowest BCUT2D eigenvalue weighted by molar-refractivity contribution is 0.501. The third-order valence-electron chi connectivity index (χ3n) is 1.84. The van der Waals surface area contributed by atoms with Crippen molar-refractivity contribution in [2.24, 2.45) is 0 Å². The number of halogens is 1. The van der Waals surface area contributed by atoms with Crippen LogP contribution in [-0.4, -0.2) is 23.8 Å². The Balaban J connectivity index is 2.13. The predicted octanol–water partition coefficient (Wildman–Crippen LogP) is 2.32. The summed E-state index contributed by atoms with van der Waals surface area (Å²) in [5.74, 6) is 1.26. The fourth-order valence-corrected chi connectivity index (χ4v) is 2.42. The molecule has 0 bridgehead atoms.